The van der Waals surface area contributed by atoms with Gasteiger partial charge in [0.25, 0.3) is 0 Å². The van der Waals surface area contributed by atoms with Crippen LogP contribution in [0.4, 0.5) is 5.69 Å². The maximum absolute atomic E-state index is 12.2. The van der Waals surface area contributed by atoms with Crippen LogP contribution in [0.1, 0.15) is 20.7 Å². The molecule has 1 heterocycles. The van der Waals surface area contributed by atoms with E-state index in [1.165, 1.54) is 17.1 Å². The normalized spacial score (nSPS) is 9.96. The fourth-order valence-electron chi connectivity index (χ4n) is 1.97. The first-order valence-corrected chi connectivity index (χ1v) is 6.84. The molecular formula is C16H16N2O6. The summed E-state index contributed by atoms with van der Waals surface area (Å²) in [6.07, 6.45) is 2.48. The number of benzene rings is 1. The van der Waals surface area contributed by atoms with Crippen LogP contribution < -0.4 is 15.6 Å². The van der Waals surface area contributed by atoms with Crippen molar-refractivity contribution in [1.82, 2.24) is 4.68 Å². The minimum absolute atomic E-state index is 0.290. The lowest BCUT2D eigenvalue weighted by Crippen LogP contribution is -2.27. The number of hydrogen-bond acceptors (Lipinski definition) is 7. The summed E-state index contributed by atoms with van der Waals surface area (Å²) in [4.78, 5) is 35.7. The molecule has 0 fully saturated rings. The number of anilines is 1. The van der Waals surface area contributed by atoms with Gasteiger partial charge < -0.3 is 14.2 Å². The number of ether oxygens (including phenoxy) is 3. The Bertz CT molecular complexity index is 770. The molecule has 24 heavy (non-hydrogen) atoms. The Balaban J connectivity index is 2.46. The monoisotopic (exact) mass is 332 g/mol. The predicted molar refractivity (Wildman–Crippen MR) is 85.4 cm³/mol. The van der Waals surface area contributed by atoms with Crippen molar-refractivity contribution in [2.45, 2.75) is 0 Å². The number of carbonyl (C=O) groups is 2. The number of pyridine rings is 1. The van der Waals surface area contributed by atoms with E-state index in [0.29, 0.717) is 11.4 Å². The molecule has 0 bridgehead atoms. The second-order valence-electron chi connectivity index (χ2n) is 4.65. The van der Waals surface area contributed by atoms with E-state index >= 15 is 0 Å². The van der Waals surface area contributed by atoms with E-state index in [1.54, 1.807) is 31.4 Å². The van der Waals surface area contributed by atoms with Gasteiger partial charge in [0.1, 0.15) is 16.9 Å². The number of methoxy groups -OCH3 is 3. The van der Waals surface area contributed by atoms with Gasteiger partial charge in [-0.3, -0.25) is 14.9 Å². The summed E-state index contributed by atoms with van der Waals surface area (Å²) in [6.45, 7) is 0. The molecular weight excluding hydrogens is 316 g/mol. The Labute approximate surface area is 137 Å². The Hall–Kier alpha value is -3.29. The highest BCUT2D eigenvalue weighted by molar-refractivity contribution is 5.94. The van der Waals surface area contributed by atoms with E-state index in [1.807, 2.05) is 0 Å². The summed E-state index contributed by atoms with van der Waals surface area (Å²) in [5, 5.41) is 0. The fraction of sp³-hybridized carbons (Fsp3) is 0.188. The van der Waals surface area contributed by atoms with Crippen molar-refractivity contribution < 1.29 is 23.8 Å². The van der Waals surface area contributed by atoms with Crippen molar-refractivity contribution in [3.05, 3.63) is 58.0 Å². The van der Waals surface area contributed by atoms with Gasteiger partial charge in [-0.15, -0.1) is 0 Å². The molecule has 0 saturated heterocycles. The first-order chi connectivity index (χ1) is 11.5. The summed E-state index contributed by atoms with van der Waals surface area (Å²) in [5.41, 5.74) is 2.23. The minimum Gasteiger partial charge on any atom is -0.497 e. The molecule has 0 aliphatic carbocycles. The number of nitrogens with one attached hydrogen (secondary N) is 1. The lowest BCUT2D eigenvalue weighted by molar-refractivity contribution is 0.0594. The third kappa shape index (κ3) is 3.54. The lowest BCUT2D eigenvalue weighted by Gasteiger charge is -2.13. The average molecular weight is 332 g/mol. The molecule has 0 aliphatic rings. The highest BCUT2D eigenvalue weighted by atomic mass is 16.5. The van der Waals surface area contributed by atoms with Gasteiger partial charge in [0, 0.05) is 12.4 Å². The standard InChI is InChI=1S/C16H16N2O6/c1-22-11-6-4-10(5-7-11)17-18-8-12(15(20)23-2)14(19)13(9-18)16(21)24-3/h4-9,17H,1-3H3. The maximum atomic E-state index is 12.2. The zero-order valence-corrected chi connectivity index (χ0v) is 13.4. The van der Waals surface area contributed by atoms with Crippen LogP contribution in [-0.4, -0.2) is 37.9 Å². The van der Waals surface area contributed by atoms with Crippen molar-refractivity contribution in [2.24, 2.45) is 0 Å². The highest BCUT2D eigenvalue weighted by Crippen LogP contribution is 2.15. The van der Waals surface area contributed by atoms with Gasteiger partial charge in [-0.2, -0.15) is 0 Å². The molecule has 1 aromatic carbocycles. The second-order valence-corrected chi connectivity index (χ2v) is 4.65. The summed E-state index contributed by atoms with van der Waals surface area (Å²) < 4.78 is 15.5. The molecule has 126 valence electrons. The van der Waals surface area contributed by atoms with Crippen molar-refractivity contribution in [2.75, 3.05) is 26.8 Å². The molecule has 1 N–H and O–H groups in total. The summed E-state index contributed by atoms with van der Waals surface area (Å²) in [6, 6.07) is 6.92. The minimum atomic E-state index is -0.851. The van der Waals surface area contributed by atoms with E-state index < -0.39 is 17.4 Å². The Morgan fingerprint density at radius 2 is 1.42 bits per heavy atom. The lowest BCUT2D eigenvalue weighted by atomic mass is 10.2. The molecule has 2 aromatic rings. The van der Waals surface area contributed by atoms with Crippen LogP contribution in [-0.2, 0) is 9.47 Å². The topological polar surface area (TPSA) is 95.9 Å². The number of nitrogens with zero attached hydrogens (tertiary/aromatic N) is 1. The molecule has 0 atom stereocenters. The quantitative estimate of drug-likeness (QED) is 0.825. The van der Waals surface area contributed by atoms with E-state index in [-0.39, 0.29) is 11.1 Å². The summed E-state index contributed by atoms with van der Waals surface area (Å²) in [5.74, 6) is -1.03. The molecule has 0 radical (unpaired) electrons. The predicted octanol–water partition coefficient (Wildman–Crippen LogP) is 1.31. The van der Waals surface area contributed by atoms with Crippen LogP contribution in [0.5, 0.6) is 5.75 Å². The van der Waals surface area contributed by atoms with Gasteiger partial charge in [-0.25, -0.2) is 9.59 Å². The molecule has 8 nitrogen and oxygen atoms in total. The number of esters is 2. The van der Waals surface area contributed by atoms with Gasteiger partial charge in [0.05, 0.1) is 27.0 Å². The van der Waals surface area contributed by atoms with Gasteiger partial charge in [-0.05, 0) is 24.3 Å². The number of carbonyl (C=O) groups excluding carboxylic acids is 2. The van der Waals surface area contributed by atoms with E-state index in [0.717, 1.165) is 14.2 Å². The van der Waals surface area contributed by atoms with Gasteiger partial charge >= 0.3 is 11.9 Å². The first-order valence-electron chi connectivity index (χ1n) is 6.84. The first kappa shape index (κ1) is 17.1. The fourth-order valence-corrected chi connectivity index (χ4v) is 1.97. The van der Waals surface area contributed by atoms with E-state index in [2.05, 4.69) is 14.9 Å². The molecule has 0 saturated carbocycles. The highest BCUT2D eigenvalue weighted by Gasteiger charge is 2.20. The smallest absolute Gasteiger partial charge is 0.343 e. The number of hydrogen-bond donors (Lipinski definition) is 1. The molecule has 0 amide bonds. The molecule has 0 aliphatic heterocycles. The summed E-state index contributed by atoms with van der Waals surface area (Å²) in [7, 11) is 3.84. The third-order valence-electron chi connectivity index (χ3n) is 3.18. The number of rotatable bonds is 5. The zero-order valence-electron chi connectivity index (χ0n) is 13.4. The van der Waals surface area contributed by atoms with Crippen molar-refractivity contribution in [3.63, 3.8) is 0 Å². The summed E-state index contributed by atoms with van der Waals surface area (Å²) >= 11 is 0. The van der Waals surface area contributed by atoms with Crippen LogP contribution in [0.2, 0.25) is 0 Å². The largest absolute Gasteiger partial charge is 0.497 e. The van der Waals surface area contributed by atoms with Crippen LogP contribution in [0.15, 0.2) is 41.5 Å². The molecule has 1 aromatic heterocycles. The van der Waals surface area contributed by atoms with Crippen LogP contribution in [0, 0.1) is 0 Å². The van der Waals surface area contributed by atoms with Gasteiger partial charge in [0.2, 0.25) is 5.43 Å². The van der Waals surface area contributed by atoms with Gasteiger partial charge in [0.15, 0.2) is 0 Å². The van der Waals surface area contributed by atoms with Crippen molar-refractivity contribution >= 4 is 17.6 Å². The van der Waals surface area contributed by atoms with Crippen molar-refractivity contribution in [3.8, 4) is 5.75 Å². The molecule has 0 unspecified atom stereocenters. The zero-order chi connectivity index (χ0) is 17.7. The SMILES string of the molecule is COC(=O)c1cn(Nc2ccc(OC)cc2)cc(C(=O)OC)c1=O. The molecule has 0 spiro atoms. The number of aromatic nitrogens is 1. The Morgan fingerprint density at radius 3 is 1.83 bits per heavy atom. The van der Waals surface area contributed by atoms with Gasteiger partial charge in [-0.1, -0.05) is 0 Å². The van der Waals surface area contributed by atoms with Crippen LogP contribution in [0.25, 0.3) is 0 Å². The van der Waals surface area contributed by atoms with E-state index in [4.69, 9.17) is 4.74 Å². The second kappa shape index (κ2) is 7.32. The van der Waals surface area contributed by atoms with E-state index in [9.17, 15) is 14.4 Å². The molecule has 2 rings (SSSR count). The maximum Gasteiger partial charge on any atom is 0.343 e. The average Bonchev–Trinajstić information content (AvgIpc) is 2.62. The Morgan fingerprint density at radius 1 is 0.917 bits per heavy atom. The van der Waals surface area contributed by atoms with Crippen LogP contribution in [0.3, 0.4) is 0 Å². The molecule has 8 heteroatoms. The van der Waals surface area contributed by atoms with Crippen LogP contribution >= 0.6 is 0 Å². The van der Waals surface area contributed by atoms with Crippen molar-refractivity contribution in [1.29, 1.82) is 0 Å². The Kier molecular flexibility index (Phi) is 5.20. The third-order valence-corrected chi connectivity index (χ3v) is 3.18.